The van der Waals surface area contributed by atoms with Crippen LogP contribution in [0.1, 0.15) is 53.5 Å². The molecule has 0 aliphatic carbocycles. The van der Waals surface area contributed by atoms with E-state index in [1.54, 1.807) is 12.1 Å². The van der Waals surface area contributed by atoms with Crippen LogP contribution < -0.4 is 5.73 Å². The van der Waals surface area contributed by atoms with Crippen molar-refractivity contribution in [3.05, 3.63) is 75.5 Å². The molecule has 0 aliphatic rings. The number of aryl methyl sites for hydroxylation is 1. The van der Waals surface area contributed by atoms with Crippen LogP contribution in [0.2, 0.25) is 0 Å². The maximum Gasteiger partial charge on any atom is 0.251 e. The first-order valence-corrected chi connectivity index (χ1v) is 11.3. The highest BCUT2D eigenvalue weighted by molar-refractivity contribution is 9.10. The molecule has 0 atom stereocenters. The first-order valence-electron chi connectivity index (χ1n) is 10.5. The standard InChI is InChI=1S/C25H29BrN2O2/c1-3-4-5-6-22-24(19-9-11-20(26)12-10-19)23(25(27)30)17(2)28(22)16-15-18-7-13-21(29)14-8-18/h7-14,29H,3-6,15-16H2,1-2H3,(H2,27,30). The minimum absolute atomic E-state index is 0.268. The lowest BCUT2D eigenvalue weighted by atomic mass is 9.97. The van der Waals surface area contributed by atoms with Gasteiger partial charge in [-0.15, -0.1) is 0 Å². The van der Waals surface area contributed by atoms with E-state index in [9.17, 15) is 9.90 Å². The molecule has 5 heteroatoms. The zero-order valence-electron chi connectivity index (χ0n) is 17.6. The number of amides is 1. The van der Waals surface area contributed by atoms with E-state index >= 15 is 0 Å². The fraction of sp³-hybridized carbons (Fsp3) is 0.320. The number of rotatable bonds is 9. The summed E-state index contributed by atoms with van der Waals surface area (Å²) in [5, 5.41) is 9.54. The number of primary amides is 1. The van der Waals surface area contributed by atoms with Gasteiger partial charge in [0, 0.05) is 28.0 Å². The lowest BCUT2D eigenvalue weighted by molar-refractivity contribution is 0.1000. The SMILES string of the molecule is CCCCCc1c(-c2ccc(Br)cc2)c(C(N)=O)c(C)n1CCc1ccc(O)cc1. The first kappa shape index (κ1) is 22.2. The third-order valence-corrected chi connectivity index (χ3v) is 6.12. The summed E-state index contributed by atoms with van der Waals surface area (Å²) in [6, 6.07) is 15.4. The number of aromatic hydroxyl groups is 1. The number of hydrogen-bond donors (Lipinski definition) is 2. The summed E-state index contributed by atoms with van der Waals surface area (Å²) in [6.07, 6.45) is 5.08. The summed E-state index contributed by atoms with van der Waals surface area (Å²) in [7, 11) is 0. The van der Waals surface area contributed by atoms with Gasteiger partial charge in [0.05, 0.1) is 5.56 Å². The van der Waals surface area contributed by atoms with Gasteiger partial charge in [0.2, 0.25) is 0 Å². The number of carbonyl (C=O) groups is 1. The summed E-state index contributed by atoms with van der Waals surface area (Å²) in [5.74, 6) is -0.116. The van der Waals surface area contributed by atoms with Gasteiger partial charge >= 0.3 is 0 Å². The Kier molecular flexibility index (Phi) is 7.38. The van der Waals surface area contributed by atoms with Crippen LogP contribution in [0.4, 0.5) is 0 Å². The van der Waals surface area contributed by atoms with E-state index in [1.165, 1.54) is 5.69 Å². The molecule has 4 nitrogen and oxygen atoms in total. The molecule has 30 heavy (non-hydrogen) atoms. The van der Waals surface area contributed by atoms with E-state index in [1.807, 2.05) is 43.3 Å². The Hall–Kier alpha value is -2.53. The molecule has 0 radical (unpaired) electrons. The molecule has 0 saturated heterocycles. The van der Waals surface area contributed by atoms with Crippen LogP contribution in [0.15, 0.2) is 53.0 Å². The van der Waals surface area contributed by atoms with Crippen LogP contribution in [0.5, 0.6) is 5.75 Å². The summed E-state index contributed by atoms with van der Waals surface area (Å²) < 4.78 is 3.27. The Morgan fingerprint density at radius 3 is 2.30 bits per heavy atom. The van der Waals surface area contributed by atoms with E-state index in [-0.39, 0.29) is 11.7 Å². The summed E-state index contributed by atoms with van der Waals surface area (Å²) in [4.78, 5) is 12.5. The van der Waals surface area contributed by atoms with Gasteiger partial charge in [-0.3, -0.25) is 4.79 Å². The van der Waals surface area contributed by atoms with Gasteiger partial charge in [-0.25, -0.2) is 0 Å². The molecule has 3 rings (SSSR count). The Bertz CT molecular complexity index is 1010. The minimum atomic E-state index is -0.384. The first-order chi connectivity index (χ1) is 14.4. The van der Waals surface area contributed by atoms with Gasteiger partial charge < -0.3 is 15.4 Å². The summed E-state index contributed by atoms with van der Waals surface area (Å²) in [5.41, 5.74) is 11.7. The van der Waals surface area contributed by atoms with Gasteiger partial charge in [0.1, 0.15) is 5.75 Å². The predicted octanol–water partition coefficient (Wildman–Crippen LogP) is 6.01. The molecular formula is C25H29BrN2O2. The van der Waals surface area contributed by atoms with Crippen LogP contribution in [0.3, 0.4) is 0 Å². The monoisotopic (exact) mass is 468 g/mol. The summed E-state index contributed by atoms with van der Waals surface area (Å²) >= 11 is 3.50. The van der Waals surface area contributed by atoms with Crippen molar-refractivity contribution in [3.8, 4) is 16.9 Å². The van der Waals surface area contributed by atoms with Crippen molar-refractivity contribution >= 4 is 21.8 Å². The van der Waals surface area contributed by atoms with Gasteiger partial charge in [-0.1, -0.05) is 60.0 Å². The van der Waals surface area contributed by atoms with E-state index in [0.29, 0.717) is 5.56 Å². The quantitative estimate of drug-likeness (QED) is 0.377. The zero-order chi connectivity index (χ0) is 21.7. The van der Waals surface area contributed by atoms with Crippen molar-refractivity contribution in [1.29, 1.82) is 0 Å². The van der Waals surface area contributed by atoms with Crippen molar-refractivity contribution in [2.24, 2.45) is 5.73 Å². The molecule has 3 N–H and O–H groups in total. The number of hydrogen-bond acceptors (Lipinski definition) is 2. The molecule has 0 bridgehead atoms. The lowest BCUT2D eigenvalue weighted by Crippen LogP contribution is -2.14. The molecule has 0 spiro atoms. The highest BCUT2D eigenvalue weighted by Crippen LogP contribution is 2.35. The smallest absolute Gasteiger partial charge is 0.251 e. The molecule has 0 saturated carbocycles. The Morgan fingerprint density at radius 2 is 1.70 bits per heavy atom. The number of halogens is 1. The Morgan fingerprint density at radius 1 is 1.03 bits per heavy atom. The molecule has 158 valence electrons. The Balaban J connectivity index is 2.06. The minimum Gasteiger partial charge on any atom is -0.508 e. The van der Waals surface area contributed by atoms with E-state index in [2.05, 4.69) is 27.4 Å². The number of aromatic nitrogens is 1. The summed E-state index contributed by atoms with van der Waals surface area (Å²) in [6.45, 7) is 4.94. The maximum absolute atomic E-state index is 12.5. The van der Waals surface area contributed by atoms with Gasteiger partial charge in [-0.05, 0) is 61.6 Å². The highest BCUT2D eigenvalue weighted by atomic mass is 79.9. The van der Waals surface area contributed by atoms with Crippen LogP contribution in [-0.4, -0.2) is 15.6 Å². The molecule has 0 unspecified atom stereocenters. The second-order valence-corrected chi connectivity index (χ2v) is 8.59. The Labute approximate surface area is 186 Å². The zero-order valence-corrected chi connectivity index (χ0v) is 19.2. The van der Waals surface area contributed by atoms with E-state index < -0.39 is 0 Å². The normalized spacial score (nSPS) is 11.0. The van der Waals surface area contributed by atoms with E-state index in [0.717, 1.165) is 65.5 Å². The average molecular weight is 469 g/mol. The second kappa shape index (κ2) is 9.98. The van der Waals surface area contributed by atoms with Gasteiger partial charge in [-0.2, -0.15) is 0 Å². The third-order valence-electron chi connectivity index (χ3n) is 5.59. The lowest BCUT2D eigenvalue weighted by Gasteiger charge is -2.14. The predicted molar refractivity (Wildman–Crippen MR) is 126 cm³/mol. The molecule has 1 aromatic heterocycles. The van der Waals surface area contributed by atoms with Crippen LogP contribution in [0, 0.1) is 6.92 Å². The topological polar surface area (TPSA) is 68.2 Å². The van der Waals surface area contributed by atoms with Gasteiger partial charge in [0.25, 0.3) is 5.91 Å². The molecule has 1 amide bonds. The molecule has 0 fully saturated rings. The number of unbranched alkanes of at least 4 members (excludes halogenated alkanes) is 2. The fourth-order valence-electron chi connectivity index (χ4n) is 4.04. The second-order valence-electron chi connectivity index (χ2n) is 7.68. The van der Waals surface area contributed by atoms with Crippen LogP contribution >= 0.6 is 15.9 Å². The fourth-order valence-corrected chi connectivity index (χ4v) is 4.30. The molecule has 1 heterocycles. The van der Waals surface area contributed by atoms with Crippen molar-refractivity contribution < 1.29 is 9.90 Å². The average Bonchev–Trinajstić information content (AvgIpc) is 3.00. The van der Waals surface area contributed by atoms with Crippen molar-refractivity contribution in [2.45, 2.75) is 52.5 Å². The van der Waals surface area contributed by atoms with Gasteiger partial charge in [0.15, 0.2) is 0 Å². The molecule has 3 aromatic rings. The maximum atomic E-state index is 12.5. The molecular weight excluding hydrogens is 440 g/mol. The molecule has 0 aliphatic heterocycles. The van der Waals surface area contributed by atoms with E-state index in [4.69, 9.17) is 5.73 Å². The van der Waals surface area contributed by atoms with Crippen molar-refractivity contribution in [2.75, 3.05) is 0 Å². The number of phenols is 1. The number of carbonyl (C=O) groups excluding carboxylic acids is 1. The number of benzene rings is 2. The highest BCUT2D eigenvalue weighted by Gasteiger charge is 2.24. The largest absolute Gasteiger partial charge is 0.508 e. The number of phenolic OH excluding ortho intramolecular Hbond substituents is 1. The van der Waals surface area contributed by atoms with Crippen molar-refractivity contribution in [3.63, 3.8) is 0 Å². The molecule has 2 aromatic carbocycles. The van der Waals surface area contributed by atoms with Crippen LogP contribution in [0.25, 0.3) is 11.1 Å². The van der Waals surface area contributed by atoms with Crippen LogP contribution in [-0.2, 0) is 19.4 Å². The third kappa shape index (κ3) is 4.96. The van der Waals surface area contributed by atoms with Crippen molar-refractivity contribution in [1.82, 2.24) is 4.57 Å². The number of nitrogens with zero attached hydrogens (tertiary/aromatic N) is 1. The number of nitrogens with two attached hydrogens (primary N) is 1.